The molecule has 6 heteroatoms. The number of rotatable bonds is 2. The van der Waals surface area contributed by atoms with Crippen LogP contribution in [-0.2, 0) is 0 Å². The van der Waals surface area contributed by atoms with Gasteiger partial charge in [-0.2, -0.15) is 0 Å². The van der Waals surface area contributed by atoms with E-state index in [2.05, 4.69) is 20.7 Å². The standard InChI is InChI=1S/C9H6BrF3O2/c1-5(14)6-3-2-4-7(8(6)10)15-9(11,12)13/h2-4H,1H3. The van der Waals surface area contributed by atoms with Crippen LogP contribution in [0, 0.1) is 0 Å². The lowest BCUT2D eigenvalue weighted by molar-refractivity contribution is -0.274. The topological polar surface area (TPSA) is 26.3 Å². The van der Waals surface area contributed by atoms with Crippen molar-refractivity contribution >= 4 is 21.7 Å². The molecule has 0 bridgehead atoms. The molecular formula is C9H6BrF3O2. The fraction of sp³-hybridized carbons (Fsp3) is 0.222. The molecule has 0 N–H and O–H groups in total. The van der Waals surface area contributed by atoms with E-state index < -0.39 is 12.1 Å². The van der Waals surface area contributed by atoms with Crippen LogP contribution in [0.3, 0.4) is 0 Å². The Balaban J connectivity index is 3.10. The molecule has 1 aromatic rings. The summed E-state index contributed by atoms with van der Waals surface area (Å²) in [7, 11) is 0. The van der Waals surface area contributed by atoms with Gasteiger partial charge in [-0.3, -0.25) is 4.79 Å². The molecule has 0 aromatic heterocycles. The quantitative estimate of drug-likeness (QED) is 0.776. The Bertz CT molecular complexity index is 387. The molecule has 0 fully saturated rings. The predicted molar refractivity (Wildman–Crippen MR) is 50.8 cm³/mol. The van der Waals surface area contributed by atoms with Gasteiger partial charge < -0.3 is 4.74 Å². The van der Waals surface area contributed by atoms with Crippen molar-refractivity contribution in [1.29, 1.82) is 0 Å². The van der Waals surface area contributed by atoms with E-state index in [1.807, 2.05) is 0 Å². The van der Waals surface area contributed by atoms with Gasteiger partial charge in [0.25, 0.3) is 0 Å². The number of Topliss-reactive ketones (excluding diaryl/α,β-unsaturated/α-hetero) is 1. The summed E-state index contributed by atoms with van der Waals surface area (Å²) >= 11 is 2.89. The van der Waals surface area contributed by atoms with Gasteiger partial charge in [0.1, 0.15) is 5.75 Å². The van der Waals surface area contributed by atoms with Crippen molar-refractivity contribution in [2.75, 3.05) is 0 Å². The highest BCUT2D eigenvalue weighted by molar-refractivity contribution is 9.10. The number of benzene rings is 1. The van der Waals surface area contributed by atoms with Crippen LogP contribution >= 0.6 is 15.9 Å². The van der Waals surface area contributed by atoms with E-state index in [1.54, 1.807) is 0 Å². The Hall–Kier alpha value is -1.04. The van der Waals surface area contributed by atoms with Gasteiger partial charge in [-0.15, -0.1) is 13.2 Å². The lowest BCUT2D eigenvalue weighted by Crippen LogP contribution is -2.17. The number of ether oxygens (including phenoxy) is 1. The molecule has 15 heavy (non-hydrogen) atoms. The molecule has 0 aliphatic carbocycles. The van der Waals surface area contributed by atoms with Gasteiger partial charge in [0, 0.05) is 5.56 Å². The highest BCUT2D eigenvalue weighted by Gasteiger charge is 2.32. The van der Waals surface area contributed by atoms with Gasteiger partial charge in [0.05, 0.1) is 4.47 Å². The molecule has 0 aliphatic rings. The minimum Gasteiger partial charge on any atom is -0.405 e. The maximum atomic E-state index is 11.9. The molecule has 0 spiro atoms. The number of halogens is 4. The van der Waals surface area contributed by atoms with Crippen molar-refractivity contribution in [2.24, 2.45) is 0 Å². The smallest absolute Gasteiger partial charge is 0.405 e. The molecule has 82 valence electrons. The number of carbonyl (C=O) groups is 1. The summed E-state index contributed by atoms with van der Waals surface area (Å²) in [6.45, 7) is 1.26. The minimum atomic E-state index is -4.77. The average molecular weight is 283 g/mol. The highest BCUT2D eigenvalue weighted by Crippen LogP contribution is 2.32. The van der Waals surface area contributed by atoms with Crippen molar-refractivity contribution in [3.05, 3.63) is 28.2 Å². The maximum absolute atomic E-state index is 11.9. The van der Waals surface area contributed by atoms with Crippen molar-refractivity contribution in [1.82, 2.24) is 0 Å². The third kappa shape index (κ3) is 3.23. The zero-order valence-corrected chi connectivity index (χ0v) is 9.15. The highest BCUT2D eigenvalue weighted by atomic mass is 79.9. The first-order chi connectivity index (χ1) is 6.81. The average Bonchev–Trinajstić information content (AvgIpc) is 2.05. The van der Waals surface area contributed by atoms with E-state index in [1.165, 1.54) is 19.1 Å². The molecular weight excluding hydrogens is 277 g/mol. The Labute approximate surface area is 92.2 Å². The normalized spacial score (nSPS) is 11.3. The summed E-state index contributed by atoms with van der Waals surface area (Å²) in [6.07, 6.45) is -4.77. The largest absolute Gasteiger partial charge is 0.573 e. The molecule has 0 unspecified atom stereocenters. The molecule has 0 atom stereocenters. The summed E-state index contributed by atoms with van der Waals surface area (Å²) < 4.78 is 39.5. The van der Waals surface area contributed by atoms with Crippen LogP contribution in [0.15, 0.2) is 22.7 Å². The second-order valence-corrected chi connectivity index (χ2v) is 3.51. The van der Waals surface area contributed by atoms with E-state index in [0.29, 0.717) is 0 Å². The van der Waals surface area contributed by atoms with Crippen LogP contribution in [0.5, 0.6) is 5.75 Å². The SMILES string of the molecule is CC(=O)c1cccc(OC(F)(F)F)c1Br. The summed E-state index contributed by atoms with van der Waals surface area (Å²) in [6, 6.07) is 3.86. The molecule has 1 aromatic carbocycles. The summed E-state index contributed by atoms with van der Waals surface area (Å²) in [5, 5.41) is 0. The Morgan fingerprint density at radius 2 is 2.00 bits per heavy atom. The van der Waals surface area contributed by atoms with Crippen molar-refractivity contribution in [2.45, 2.75) is 13.3 Å². The zero-order valence-electron chi connectivity index (χ0n) is 7.56. The number of hydrogen-bond donors (Lipinski definition) is 0. The summed E-state index contributed by atoms with van der Waals surface area (Å²) in [5.74, 6) is -0.760. The molecule has 0 saturated carbocycles. The van der Waals surface area contributed by atoms with E-state index in [9.17, 15) is 18.0 Å². The summed E-state index contributed by atoms with van der Waals surface area (Å²) in [4.78, 5) is 11.0. The first kappa shape index (κ1) is 12.0. The fourth-order valence-electron chi connectivity index (χ4n) is 0.986. The first-order valence-electron chi connectivity index (χ1n) is 3.86. The van der Waals surface area contributed by atoms with Gasteiger partial charge in [-0.1, -0.05) is 12.1 Å². The van der Waals surface area contributed by atoms with E-state index in [4.69, 9.17) is 0 Å². The van der Waals surface area contributed by atoms with Crippen molar-refractivity contribution in [3.8, 4) is 5.75 Å². The van der Waals surface area contributed by atoms with Gasteiger partial charge >= 0.3 is 6.36 Å². The lowest BCUT2D eigenvalue weighted by atomic mass is 10.1. The molecule has 0 aliphatic heterocycles. The van der Waals surface area contributed by atoms with Gasteiger partial charge in [0.15, 0.2) is 5.78 Å². The van der Waals surface area contributed by atoms with Crippen LogP contribution in [0.2, 0.25) is 0 Å². The van der Waals surface area contributed by atoms with Crippen LogP contribution < -0.4 is 4.74 Å². The molecule has 0 amide bonds. The number of alkyl halides is 3. The van der Waals surface area contributed by atoms with Gasteiger partial charge in [0.2, 0.25) is 0 Å². The van der Waals surface area contributed by atoms with Crippen LogP contribution in [0.4, 0.5) is 13.2 Å². The van der Waals surface area contributed by atoms with Crippen LogP contribution in [-0.4, -0.2) is 12.1 Å². The minimum absolute atomic E-state index is 0.00910. The van der Waals surface area contributed by atoms with Crippen molar-refractivity contribution in [3.63, 3.8) is 0 Å². The van der Waals surface area contributed by atoms with E-state index >= 15 is 0 Å². The van der Waals surface area contributed by atoms with Crippen molar-refractivity contribution < 1.29 is 22.7 Å². The number of ketones is 1. The lowest BCUT2D eigenvalue weighted by Gasteiger charge is -2.11. The fourth-order valence-corrected chi connectivity index (χ4v) is 1.61. The molecule has 2 nitrogen and oxygen atoms in total. The van der Waals surface area contributed by atoms with Crippen LogP contribution in [0.25, 0.3) is 0 Å². The first-order valence-corrected chi connectivity index (χ1v) is 4.66. The summed E-state index contributed by atoms with van der Waals surface area (Å²) in [5.41, 5.74) is 0.150. The second kappa shape index (κ2) is 4.22. The third-order valence-corrected chi connectivity index (χ3v) is 2.39. The Kier molecular flexibility index (Phi) is 3.38. The second-order valence-electron chi connectivity index (χ2n) is 2.72. The molecule has 0 heterocycles. The monoisotopic (exact) mass is 282 g/mol. The predicted octanol–water partition coefficient (Wildman–Crippen LogP) is 3.55. The third-order valence-electron chi connectivity index (χ3n) is 1.57. The number of carbonyl (C=O) groups excluding carboxylic acids is 1. The Morgan fingerprint density at radius 1 is 1.40 bits per heavy atom. The van der Waals surface area contributed by atoms with E-state index in [-0.39, 0.29) is 15.8 Å². The van der Waals surface area contributed by atoms with Gasteiger partial charge in [-0.25, -0.2) is 0 Å². The molecule has 0 radical (unpaired) electrons. The maximum Gasteiger partial charge on any atom is 0.573 e. The Morgan fingerprint density at radius 3 is 2.47 bits per heavy atom. The van der Waals surface area contributed by atoms with Crippen LogP contribution in [0.1, 0.15) is 17.3 Å². The number of hydrogen-bond acceptors (Lipinski definition) is 2. The zero-order chi connectivity index (χ0) is 11.6. The molecule has 0 saturated heterocycles. The van der Waals surface area contributed by atoms with E-state index in [0.717, 1.165) is 6.07 Å². The van der Waals surface area contributed by atoms with Gasteiger partial charge in [-0.05, 0) is 28.9 Å². The molecule has 1 rings (SSSR count).